The van der Waals surface area contributed by atoms with Crippen LogP contribution in [0.5, 0.6) is 0 Å². The summed E-state index contributed by atoms with van der Waals surface area (Å²) in [5.41, 5.74) is -14.3. The minimum atomic E-state index is -7.22. The topological polar surface area (TPSA) is 0 Å². The number of benzene rings is 4. The van der Waals surface area contributed by atoms with Crippen LogP contribution in [0.2, 0.25) is 0 Å². The van der Waals surface area contributed by atoms with Crippen LogP contribution in [-0.2, 0) is 0 Å². The lowest BCUT2D eigenvalue weighted by atomic mass is 9.12. The molecule has 0 saturated heterocycles. The van der Waals surface area contributed by atoms with Crippen LogP contribution in [0.4, 0.5) is 87.8 Å². The summed E-state index contributed by atoms with van der Waals surface area (Å²) >= 11 is 0. The van der Waals surface area contributed by atoms with Gasteiger partial charge in [0, 0.05) is 42.5 Å². The van der Waals surface area contributed by atoms with Crippen LogP contribution >= 0.6 is 0 Å². The molecule has 0 aliphatic carbocycles. The highest BCUT2D eigenvalue weighted by atomic mass is 19.2. The molecular weight excluding hydrogens is 763 g/mol. The van der Waals surface area contributed by atoms with Gasteiger partial charge in [-0.15, -0.1) is 21.9 Å². The monoisotopic (exact) mass is 770 g/mol. The maximum atomic E-state index is 15.4. The number of hydrogen-bond donors (Lipinski definition) is 0. The average molecular weight is 770 g/mol. The zero-order valence-corrected chi connectivity index (χ0v) is 24.2. The predicted molar refractivity (Wildman–Crippen MR) is 140 cm³/mol. The molecule has 21 heteroatoms. The van der Waals surface area contributed by atoms with E-state index in [1.54, 1.807) is 0 Å². The van der Waals surface area contributed by atoms with E-state index in [-0.39, 0.29) is 0 Å². The van der Waals surface area contributed by atoms with Crippen molar-refractivity contribution in [3.63, 3.8) is 0 Å². The minimum absolute atomic E-state index is 2.00. The van der Waals surface area contributed by atoms with Crippen molar-refractivity contribution in [3.8, 4) is 0 Å². The Morgan fingerprint density at radius 3 is 0.558 bits per heavy atom. The second-order valence-corrected chi connectivity index (χ2v) is 10.1. The fourth-order valence-electron chi connectivity index (χ4n) is 5.32. The molecule has 5 rings (SSSR count). The zero-order valence-electron chi connectivity index (χ0n) is 24.2. The van der Waals surface area contributed by atoms with Crippen molar-refractivity contribution in [3.05, 3.63) is 159 Å². The van der Waals surface area contributed by atoms with Crippen molar-refractivity contribution < 1.29 is 87.8 Å². The summed E-state index contributed by atoms with van der Waals surface area (Å²) < 4.78 is 294. The molecule has 0 bridgehead atoms. The lowest BCUT2D eigenvalue weighted by molar-refractivity contribution is 0.378. The maximum Gasteiger partial charge on any atom is 0.200 e. The maximum absolute atomic E-state index is 15.4. The van der Waals surface area contributed by atoms with Crippen molar-refractivity contribution >= 4 is 28.0 Å². The molecule has 274 valence electrons. The summed E-state index contributed by atoms with van der Waals surface area (Å²) in [6.07, 6.45) is -7.22. The van der Waals surface area contributed by atoms with Crippen molar-refractivity contribution in [1.29, 1.82) is 0 Å². The van der Waals surface area contributed by atoms with Gasteiger partial charge in [-0.05, 0) is 0 Å². The molecule has 0 unspecified atom stereocenters. The van der Waals surface area contributed by atoms with Gasteiger partial charge in [0.25, 0.3) is 0 Å². The quantitative estimate of drug-likeness (QED) is 0.0576. The molecule has 0 spiro atoms. The van der Waals surface area contributed by atoms with Gasteiger partial charge in [-0.2, -0.15) is 0 Å². The largest absolute Gasteiger partial charge is 0.207 e. The van der Waals surface area contributed by atoms with E-state index in [0.29, 0.717) is 0 Å². The van der Waals surface area contributed by atoms with Gasteiger partial charge in [-0.25, -0.2) is 87.8 Å². The molecule has 52 heavy (non-hydrogen) atoms. The fraction of sp³-hybridized carbons (Fsp3) is 0. The summed E-state index contributed by atoms with van der Waals surface area (Å²) in [4.78, 5) is 0. The van der Waals surface area contributed by atoms with E-state index < -0.39 is 144 Å². The van der Waals surface area contributed by atoms with E-state index in [4.69, 9.17) is 0 Å². The third-order valence-electron chi connectivity index (χ3n) is 7.48. The number of rotatable bonds is 4. The zero-order chi connectivity index (χ0) is 39.3. The Morgan fingerprint density at radius 2 is 0.385 bits per heavy atom. The highest BCUT2D eigenvalue weighted by Crippen LogP contribution is 2.30. The second-order valence-electron chi connectivity index (χ2n) is 10.1. The molecule has 0 fully saturated rings. The van der Waals surface area contributed by atoms with Crippen molar-refractivity contribution in [2.45, 2.75) is 0 Å². The number of halogens is 20. The number of hydrogen-bond acceptors (Lipinski definition) is 0. The van der Waals surface area contributed by atoms with Gasteiger partial charge in [-0.3, -0.25) is 0 Å². The van der Waals surface area contributed by atoms with Gasteiger partial charge in [0.05, 0.1) is 0 Å². The van der Waals surface area contributed by atoms with E-state index in [9.17, 15) is 52.7 Å². The highest BCUT2D eigenvalue weighted by molar-refractivity contribution is 7.20. The SMILES string of the molecule is Fc1c(F)c(F)c([B-](c2c(F)c(F)c(F)c(F)c2F)(c2c(F)c(F)c(F)c(F)c2F)c2c(F)c(F)c(F)c(F)c2F)c(F)c1F.c1ccc[cH+]cc1. The van der Waals surface area contributed by atoms with Crippen LogP contribution in [0.1, 0.15) is 0 Å². The van der Waals surface area contributed by atoms with Crippen molar-refractivity contribution in [2.24, 2.45) is 0 Å². The second kappa shape index (κ2) is 14.3. The highest BCUT2D eigenvalue weighted by Gasteiger charge is 2.52. The summed E-state index contributed by atoms with van der Waals surface area (Å²) in [6.45, 7) is 0. The van der Waals surface area contributed by atoms with Gasteiger partial charge in [0.2, 0.25) is 0 Å². The van der Waals surface area contributed by atoms with Gasteiger partial charge in [0.1, 0.15) is 52.7 Å². The predicted octanol–water partition coefficient (Wildman–Crippen LogP) is 7.81. The van der Waals surface area contributed by atoms with E-state index in [2.05, 4.69) is 0 Å². The first-order chi connectivity index (χ1) is 24.2. The Labute approximate surface area is 275 Å². The molecule has 0 aromatic heterocycles. The standard InChI is InChI=1S/C24BF20.C7H7/c26-5-1(6(27)14(35)21(42)13(5)34)25(2-7(28)15(36)22(43)16(37)8(2)29,3-9(30)17(38)23(44)18(39)10(3)31)4-11(32)19(40)24(45)20(41)12(4)33;1-2-4-6-7-5-3-1/h;1-7H/q-1;+1. The molecule has 0 amide bonds. The Kier molecular flexibility index (Phi) is 10.9. The summed E-state index contributed by atoms with van der Waals surface area (Å²) in [6, 6.07) is 14.0. The Balaban J connectivity index is 0.000000771. The van der Waals surface area contributed by atoms with E-state index >= 15 is 35.1 Å². The van der Waals surface area contributed by atoms with Gasteiger partial charge in [0.15, 0.2) is 69.8 Å². The Morgan fingerprint density at radius 1 is 0.231 bits per heavy atom. The van der Waals surface area contributed by atoms with Crippen LogP contribution < -0.4 is 21.9 Å². The van der Waals surface area contributed by atoms with Crippen molar-refractivity contribution in [2.75, 3.05) is 0 Å². The first-order valence-electron chi connectivity index (χ1n) is 13.3. The van der Waals surface area contributed by atoms with E-state index in [1.807, 2.05) is 42.5 Å². The molecule has 0 atom stereocenters. The van der Waals surface area contributed by atoms with Crippen LogP contribution in [0, 0.1) is 116 Å². The van der Waals surface area contributed by atoms with Gasteiger partial charge < -0.3 is 0 Å². The normalized spacial score (nSPS) is 11.5. The molecule has 5 aromatic carbocycles. The molecule has 0 radical (unpaired) electrons. The van der Waals surface area contributed by atoms with Crippen LogP contribution in [0.15, 0.2) is 42.5 Å². The molecule has 0 aliphatic rings. The molecule has 5 aromatic rings. The Bertz CT molecular complexity index is 1830. The minimum Gasteiger partial charge on any atom is -0.207 e. The molecule has 0 aliphatic heterocycles. The van der Waals surface area contributed by atoms with E-state index in [1.165, 1.54) is 0 Å². The lowest BCUT2D eigenvalue weighted by Gasteiger charge is -2.44. The summed E-state index contributed by atoms with van der Waals surface area (Å²) in [5.74, 6) is -71.4. The summed E-state index contributed by atoms with van der Waals surface area (Å²) in [7, 11) is 0. The molecular formula is C31H7BF20. The van der Waals surface area contributed by atoms with Crippen LogP contribution in [-0.4, -0.2) is 6.15 Å². The van der Waals surface area contributed by atoms with E-state index in [0.717, 1.165) is 0 Å². The Hall–Kier alpha value is -5.37. The molecule has 0 heterocycles. The molecule has 0 N–H and O–H groups in total. The van der Waals surface area contributed by atoms with Crippen LogP contribution in [0.3, 0.4) is 0 Å². The lowest BCUT2D eigenvalue weighted by Crippen LogP contribution is -2.81. The molecule has 0 saturated carbocycles. The first kappa shape index (κ1) is 39.4. The first-order valence-corrected chi connectivity index (χ1v) is 13.3. The molecule has 0 nitrogen and oxygen atoms in total. The van der Waals surface area contributed by atoms with Gasteiger partial charge in [-0.1, -0.05) is 0 Å². The fourth-order valence-corrected chi connectivity index (χ4v) is 5.32. The average Bonchev–Trinajstić information content (AvgIpc) is 3.45. The third kappa shape index (κ3) is 5.74. The van der Waals surface area contributed by atoms with Crippen LogP contribution in [0.25, 0.3) is 0 Å². The smallest absolute Gasteiger partial charge is 0.200 e. The summed E-state index contributed by atoms with van der Waals surface area (Å²) in [5, 5.41) is 0. The van der Waals surface area contributed by atoms with Gasteiger partial charge >= 0.3 is 0 Å². The third-order valence-corrected chi connectivity index (χ3v) is 7.48. The van der Waals surface area contributed by atoms with Crippen molar-refractivity contribution in [1.82, 2.24) is 0 Å².